The lowest BCUT2D eigenvalue weighted by molar-refractivity contribution is -0.116. The number of amidine groups is 1. The molecule has 4 rings (SSSR count). The maximum absolute atomic E-state index is 13.0. The second kappa shape index (κ2) is 7.77. The second-order valence-electron chi connectivity index (χ2n) is 6.37. The number of rotatable bonds is 4. The monoisotopic (exact) mass is 462 g/mol. The minimum absolute atomic E-state index is 0.128. The van der Waals surface area contributed by atoms with Crippen LogP contribution in [0.2, 0.25) is 0 Å². The molecule has 8 heteroatoms. The van der Waals surface area contributed by atoms with Gasteiger partial charge < -0.3 is 0 Å². The molecule has 1 aromatic carbocycles. The van der Waals surface area contributed by atoms with Crippen LogP contribution in [0.15, 0.2) is 44.9 Å². The highest BCUT2D eigenvalue weighted by molar-refractivity contribution is 9.10. The van der Waals surface area contributed by atoms with E-state index in [1.807, 2.05) is 18.2 Å². The molecular weight excluding hydrogens is 444 g/mol. The molecule has 0 saturated heterocycles. The number of unbranched alkanes of at least 4 members (excludes halogenated alkanes) is 1. The Morgan fingerprint density at radius 2 is 2.19 bits per heavy atom. The lowest BCUT2D eigenvalue weighted by Crippen LogP contribution is -2.50. The van der Waals surface area contributed by atoms with E-state index in [9.17, 15) is 4.79 Å². The minimum Gasteiger partial charge on any atom is -0.298 e. The first-order valence-electron chi connectivity index (χ1n) is 8.83. The smallest absolute Gasteiger partial charge is 0.276 e. The lowest BCUT2D eigenvalue weighted by atomic mass is 10.1. The zero-order valence-electron chi connectivity index (χ0n) is 15.0. The predicted octanol–water partition coefficient (Wildman–Crippen LogP) is 3.50. The van der Waals surface area contributed by atoms with Gasteiger partial charge in [0.2, 0.25) is 0 Å². The maximum Gasteiger partial charge on any atom is 0.276 e. The van der Waals surface area contributed by atoms with Crippen LogP contribution in [0.25, 0.3) is 5.70 Å². The number of aryl methyl sites for hydroxylation is 1. The summed E-state index contributed by atoms with van der Waals surface area (Å²) in [5, 5.41) is 11.8. The number of carbonyl (C=O) groups excluding carboxylic acids is 1. The zero-order valence-corrected chi connectivity index (χ0v) is 18.2. The standard InChI is InChI=1S/C19H19BrN4OS2/c1-3-4-9-26-19-22-18(25)16-13-10-12(20)6-7-14(13)21-17(24(16)23-19)15-8-5-11(2)27-15/h5-8,10,17H,3-4,9H2,1-2H3,(H,22,23,25)/t17-/m0/s1. The van der Waals surface area contributed by atoms with Crippen LogP contribution in [0.1, 0.15) is 35.7 Å². The average Bonchev–Trinajstić information content (AvgIpc) is 3.07. The Morgan fingerprint density at radius 1 is 1.33 bits per heavy atom. The molecule has 0 saturated carbocycles. The number of nitrogens with zero attached hydrogens (tertiary/aromatic N) is 3. The molecule has 1 N–H and O–H groups in total. The molecule has 140 valence electrons. The Kier molecular flexibility index (Phi) is 5.39. The molecule has 3 heterocycles. The van der Waals surface area contributed by atoms with Crippen molar-refractivity contribution in [3.8, 4) is 0 Å². The van der Waals surface area contributed by atoms with Crippen molar-refractivity contribution in [2.45, 2.75) is 32.9 Å². The zero-order chi connectivity index (χ0) is 19.0. The Hall–Kier alpha value is -1.64. The van der Waals surface area contributed by atoms with Gasteiger partial charge in [-0.2, -0.15) is 0 Å². The van der Waals surface area contributed by atoms with Crippen molar-refractivity contribution in [3.05, 3.63) is 55.1 Å². The van der Waals surface area contributed by atoms with Gasteiger partial charge in [-0.15, -0.1) is 16.4 Å². The van der Waals surface area contributed by atoms with E-state index < -0.39 is 0 Å². The van der Waals surface area contributed by atoms with Gasteiger partial charge in [0.25, 0.3) is 5.91 Å². The van der Waals surface area contributed by atoms with Gasteiger partial charge in [0.15, 0.2) is 11.3 Å². The van der Waals surface area contributed by atoms with E-state index >= 15 is 0 Å². The number of nitrogens with one attached hydrogen (secondary N) is 1. The quantitative estimate of drug-likeness (QED) is 0.707. The first-order chi connectivity index (χ1) is 13.1. The highest BCUT2D eigenvalue weighted by atomic mass is 79.9. The Bertz CT molecular complexity index is 1050. The van der Waals surface area contributed by atoms with Gasteiger partial charge in [-0.25, -0.2) is 5.01 Å². The fourth-order valence-electron chi connectivity index (χ4n) is 3.01. The van der Waals surface area contributed by atoms with Crippen LogP contribution in [-0.4, -0.2) is 21.8 Å². The maximum atomic E-state index is 13.0. The highest BCUT2D eigenvalue weighted by Crippen LogP contribution is 2.34. The van der Waals surface area contributed by atoms with E-state index in [1.165, 1.54) is 4.88 Å². The van der Waals surface area contributed by atoms with Crippen molar-refractivity contribution in [1.29, 1.82) is 0 Å². The third kappa shape index (κ3) is 3.70. The molecular formula is C19H19BrN4OS2. The first kappa shape index (κ1) is 18.7. The molecule has 1 atom stereocenters. The summed E-state index contributed by atoms with van der Waals surface area (Å²) in [7, 11) is 0. The summed E-state index contributed by atoms with van der Waals surface area (Å²) in [4.78, 5) is 20.2. The number of thioether (sulfide) groups is 1. The number of hydrazone groups is 1. The van der Waals surface area contributed by atoms with Crippen LogP contribution < -0.4 is 15.9 Å². The van der Waals surface area contributed by atoms with Crippen LogP contribution in [0.5, 0.6) is 0 Å². The number of hydrogen-bond donors (Lipinski definition) is 1. The number of thiophene rings is 1. The summed E-state index contributed by atoms with van der Waals surface area (Å²) in [5.74, 6) is 0.803. The van der Waals surface area contributed by atoms with E-state index in [0.717, 1.165) is 38.5 Å². The summed E-state index contributed by atoms with van der Waals surface area (Å²) >= 11 is 6.77. The normalized spacial score (nSPS) is 18.4. The van der Waals surface area contributed by atoms with Crippen molar-refractivity contribution >= 4 is 55.8 Å². The molecule has 1 amide bonds. The van der Waals surface area contributed by atoms with Crippen LogP contribution in [0, 0.1) is 6.92 Å². The molecule has 1 aromatic heterocycles. The van der Waals surface area contributed by atoms with Crippen molar-refractivity contribution in [2.24, 2.45) is 10.1 Å². The molecule has 2 aliphatic rings. The fraction of sp³-hybridized carbons (Fsp3) is 0.316. The molecule has 0 aliphatic carbocycles. The average molecular weight is 463 g/mol. The number of carbonyl (C=O) groups is 1. The van der Waals surface area contributed by atoms with E-state index in [-0.39, 0.29) is 12.1 Å². The van der Waals surface area contributed by atoms with E-state index in [2.05, 4.69) is 47.2 Å². The van der Waals surface area contributed by atoms with E-state index in [4.69, 9.17) is 10.1 Å². The molecule has 2 aliphatic heterocycles. The van der Waals surface area contributed by atoms with Gasteiger partial charge in [0.05, 0.1) is 10.2 Å². The van der Waals surface area contributed by atoms with Gasteiger partial charge in [0, 0.05) is 20.3 Å². The number of hydrogen-bond acceptors (Lipinski definition) is 6. The number of amides is 1. The lowest BCUT2D eigenvalue weighted by Gasteiger charge is -2.33. The largest absolute Gasteiger partial charge is 0.298 e. The summed E-state index contributed by atoms with van der Waals surface area (Å²) in [6.45, 7) is 4.23. The second-order valence-corrected chi connectivity index (χ2v) is 9.69. The first-order valence-corrected chi connectivity index (χ1v) is 11.4. The SMILES string of the molecule is CCCCSC1=NN2C(=c3cc(Br)ccc3=N[C@@H]2c2ccc(C)s2)C(=O)N1. The minimum atomic E-state index is -0.319. The molecule has 2 aromatic rings. The summed E-state index contributed by atoms with van der Waals surface area (Å²) < 4.78 is 0.911. The van der Waals surface area contributed by atoms with Crippen molar-refractivity contribution in [1.82, 2.24) is 10.3 Å². The molecule has 0 spiro atoms. The van der Waals surface area contributed by atoms with E-state index in [0.29, 0.717) is 10.9 Å². The van der Waals surface area contributed by atoms with Gasteiger partial charge in [-0.3, -0.25) is 15.1 Å². The fourth-order valence-corrected chi connectivity index (χ4v) is 5.21. The number of fused-ring (bicyclic) bond motifs is 2. The third-order valence-electron chi connectivity index (χ3n) is 4.32. The third-order valence-corrected chi connectivity index (χ3v) is 6.81. The van der Waals surface area contributed by atoms with Crippen LogP contribution in [0.4, 0.5) is 0 Å². The molecule has 5 nitrogen and oxygen atoms in total. The summed E-state index contributed by atoms with van der Waals surface area (Å²) in [6, 6.07) is 9.98. The number of benzene rings is 1. The van der Waals surface area contributed by atoms with Crippen molar-refractivity contribution in [3.63, 3.8) is 0 Å². The van der Waals surface area contributed by atoms with Crippen molar-refractivity contribution < 1.29 is 4.79 Å². The van der Waals surface area contributed by atoms with Crippen molar-refractivity contribution in [2.75, 3.05) is 5.75 Å². The molecule has 27 heavy (non-hydrogen) atoms. The van der Waals surface area contributed by atoms with Gasteiger partial charge in [-0.1, -0.05) is 41.0 Å². The van der Waals surface area contributed by atoms with Gasteiger partial charge in [-0.05, 0) is 43.7 Å². The molecule has 0 bridgehead atoms. The highest BCUT2D eigenvalue weighted by Gasteiger charge is 2.35. The van der Waals surface area contributed by atoms with Gasteiger partial charge in [0.1, 0.15) is 5.70 Å². The Balaban J connectivity index is 1.85. The van der Waals surface area contributed by atoms with Crippen LogP contribution in [0.3, 0.4) is 0 Å². The molecule has 0 unspecified atom stereocenters. The topological polar surface area (TPSA) is 57.1 Å². The summed E-state index contributed by atoms with van der Waals surface area (Å²) in [5.41, 5.74) is 0.553. The Morgan fingerprint density at radius 3 is 2.93 bits per heavy atom. The predicted molar refractivity (Wildman–Crippen MR) is 115 cm³/mol. The number of halogens is 1. The van der Waals surface area contributed by atoms with Crippen LogP contribution in [-0.2, 0) is 4.79 Å². The van der Waals surface area contributed by atoms with Crippen LogP contribution >= 0.6 is 39.0 Å². The Labute approximate surface area is 174 Å². The van der Waals surface area contributed by atoms with E-state index in [1.54, 1.807) is 28.1 Å². The molecule has 0 fully saturated rings. The van der Waals surface area contributed by atoms with Gasteiger partial charge >= 0.3 is 0 Å². The molecule has 0 radical (unpaired) electrons. The summed E-state index contributed by atoms with van der Waals surface area (Å²) in [6.07, 6.45) is 1.88.